The summed E-state index contributed by atoms with van der Waals surface area (Å²) in [6, 6.07) is 0.116. The SMILES string of the molecule is Cc1csc(C(C)N2CCCNC2=O)n1. The van der Waals surface area contributed by atoms with Crippen LogP contribution in [0.25, 0.3) is 0 Å². The maximum Gasteiger partial charge on any atom is 0.317 e. The van der Waals surface area contributed by atoms with Crippen molar-refractivity contribution in [2.75, 3.05) is 13.1 Å². The molecule has 0 aromatic carbocycles. The first-order valence-electron chi connectivity index (χ1n) is 5.15. The molecule has 1 aromatic rings. The van der Waals surface area contributed by atoms with E-state index in [1.165, 1.54) is 0 Å². The Morgan fingerprint density at radius 1 is 1.67 bits per heavy atom. The van der Waals surface area contributed by atoms with Gasteiger partial charge in [-0.2, -0.15) is 0 Å². The van der Waals surface area contributed by atoms with Crippen molar-refractivity contribution in [1.29, 1.82) is 0 Å². The molecule has 0 radical (unpaired) electrons. The third kappa shape index (κ3) is 2.12. The van der Waals surface area contributed by atoms with E-state index < -0.39 is 0 Å². The molecule has 4 nitrogen and oxygen atoms in total. The smallest absolute Gasteiger partial charge is 0.317 e. The van der Waals surface area contributed by atoms with Gasteiger partial charge in [0.15, 0.2) is 0 Å². The largest absolute Gasteiger partial charge is 0.338 e. The minimum atomic E-state index is 0.0293. The van der Waals surface area contributed by atoms with Gasteiger partial charge in [-0.1, -0.05) is 0 Å². The maximum atomic E-state index is 11.6. The second-order valence-electron chi connectivity index (χ2n) is 3.78. The Morgan fingerprint density at radius 3 is 3.07 bits per heavy atom. The summed E-state index contributed by atoms with van der Waals surface area (Å²) in [4.78, 5) is 17.9. The Bertz CT molecular complexity index is 363. The van der Waals surface area contributed by atoms with E-state index in [9.17, 15) is 4.79 Å². The number of carbonyl (C=O) groups excluding carboxylic acids is 1. The molecule has 0 aliphatic carbocycles. The average molecular weight is 225 g/mol. The molecule has 2 amide bonds. The van der Waals surface area contributed by atoms with Gasteiger partial charge in [0.2, 0.25) is 0 Å². The van der Waals surface area contributed by atoms with Crippen molar-refractivity contribution in [3.63, 3.8) is 0 Å². The predicted octanol–water partition coefficient (Wildman–Crippen LogP) is 1.93. The third-order valence-electron chi connectivity index (χ3n) is 2.57. The number of aryl methyl sites for hydroxylation is 1. The summed E-state index contributed by atoms with van der Waals surface area (Å²) in [5.41, 5.74) is 1.03. The molecule has 82 valence electrons. The van der Waals surface area contributed by atoms with Crippen LogP contribution >= 0.6 is 11.3 Å². The zero-order valence-electron chi connectivity index (χ0n) is 8.99. The highest BCUT2D eigenvalue weighted by atomic mass is 32.1. The number of hydrogen-bond acceptors (Lipinski definition) is 3. The van der Waals surface area contributed by atoms with Crippen LogP contribution in [-0.4, -0.2) is 29.0 Å². The lowest BCUT2D eigenvalue weighted by Gasteiger charge is -2.31. The van der Waals surface area contributed by atoms with Crippen molar-refractivity contribution in [2.24, 2.45) is 0 Å². The van der Waals surface area contributed by atoms with Crippen LogP contribution < -0.4 is 5.32 Å². The fourth-order valence-electron chi connectivity index (χ4n) is 1.71. The molecular weight excluding hydrogens is 210 g/mol. The molecule has 1 unspecified atom stereocenters. The number of carbonyl (C=O) groups is 1. The topological polar surface area (TPSA) is 45.2 Å². The molecule has 2 heterocycles. The molecule has 0 spiro atoms. The van der Waals surface area contributed by atoms with E-state index in [0.29, 0.717) is 0 Å². The number of hydrogen-bond donors (Lipinski definition) is 1. The molecule has 1 atom stereocenters. The van der Waals surface area contributed by atoms with E-state index in [0.717, 1.165) is 30.2 Å². The first kappa shape index (κ1) is 10.4. The van der Waals surface area contributed by atoms with E-state index in [2.05, 4.69) is 10.3 Å². The van der Waals surface area contributed by atoms with Crippen molar-refractivity contribution in [1.82, 2.24) is 15.2 Å². The van der Waals surface area contributed by atoms with Gasteiger partial charge in [0, 0.05) is 24.2 Å². The van der Waals surface area contributed by atoms with Crippen LogP contribution in [0.3, 0.4) is 0 Å². The average Bonchev–Trinajstić information content (AvgIpc) is 2.65. The van der Waals surface area contributed by atoms with Crippen molar-refractivity contribution < 1.29 is 4.79 Å². The third-order valence-corrected chi connectivity index (χ3v) is 3.71. The monoisotopic (exact) mass is 225 g/mol. The lowest BCUT2D eigenvalue weighted by Crippen LogP contribution is -2.47. The highest BCUT2D eigenvalue weighted by Crippen LogP contribution is 2.24. The molecule has 1 aliphatic heterocycles. The molecule has 1 saturated heterocycles. The fraction of sp³-hybridized carbons (Fsp3) is 0.600. The highest BCUT2D eigenvalue weighted by molar-refractivity contribution is 7.09. The van der Waals surface area contributed by atoms with Crippen LogP contribution in [0.5, 0.6) is 0 Å². The molecule has 5 heteroatoms. The van der Waals surface area contributed by atoms with E-state index in [1.807, 2.05) is 24.1 Å². The molecule has 15 heavy (non-hydrogen) atoms. The first-order chi connectivity index (χ1) is 7.18. The van der Waals surface area contributed by atoms with E-state index >= 15 is 0 Å². The van der Waals surface area contributed by atoms with Gasteiger partial charge in [-0.3, -0.25) is 0 Å². The Hall–Kier alpha value is -1.10. The summed E-state index contributed by atoms with van der Waals surface area (Å²) in [5.74, 6) is 0. The van der Waals surface area contributed by atoms with Crippen LogP contribution in [0.1, 0.15) is 30.1 Å². The summed E-state index contributed by atoms with van der Waals surface area (Å²) in [6.45, 7) is 5.62. The summed E-state index contributed by atoms with van der Waals surface area (Å²) in [5, 5.41) is 5.89. The van der Waals surface area contributed by atoms with Gasteiger partial charge >= 0.3 is 6.03 Å². The number of nitrogens with one attached hydrogen (secondary N) is 1. The van der Waals surface area contributed by atoms with Gasteiger partial charge in [0.1, 0.15) is 5.01 Å². The van der Waals surface area contributed by atoms with Crippen LogP contribution in [0.2, 0.25) is 0 Å². The Balaban J connectivity index is 2.12. The molecular formula is C10H15N3OS. The van der Waals surface area contributed by atoms with Gasteiger partial charge < -0.3 is 10.2 Å². The molecule has 1 aliphatic rings. The number of urea groups is 1. The fourth-order valence-corrected chi connectivity index (χ4v) is 2.58. The standard InChI is InChI=1S/C10H15N3OS/c1-7-6-15-9(12-7)8(2)13-5-3-4-11-10(13)14/h6,8H,3-5H2,1-2H3,(H,11,14). The number of nitrogens with zero attached hydrogens (tertiary/aromatic N) is 2. The van der Waals surface area contributed by atoms with Gasteiger partial charge in [-0.05, 0) is 20.3 Å². The van der Waals surface area contributed by atoms with E-state index in [4.69, 9.17) is 0 Å². The number of amides is 2. The number of aromatic nitrogens is 1. The minimum Gasteiger partial charge on any atom is -0.338 e. The van der Waals surface area contributed by atoms with Crippen LogP contribution in [-0.2, 0) is 0 Å². The predicted molar refractivity (Wildman–Crippen MR) is 60.0 cm³/mol. The lowest BCUT2D eigenvalue weighted by atomic mass is 10.2. The van der Waals surface area contributed by atoms with Crippen molar-refractivity contribution in [3.05, 3.63) is 16.1 Å². The summed E-state index contributed by atoms with van der Waals surface area (Å²) >= 11 is 1.62. The second-order valence-corrected chi connectivity index (χ2v) is 4.67. The minimum absolute atomic E-state index is 0.0293. The molecule has 1 aromatic heterocycles. The molecule has 0 saturated carbocycles. The second kappa shape index (κ2) is 4.18. The van der Waals surface area contributed by atoms with Crippen molar-refractivity contribution >= 4 is 17.4 Å². The molecule has 0 bridgehead atoms. The number of thiazole rings is 1. The first-order valence-corrected chi connectivity index (χ1v) is 6.03. The zero-order chi connectivity index (χ0) is 10.8. The number of rotatable bonds is 2. The van der Waals surface area contributed by atoms with Gasteiger partial charge in [-0.25, -0.2) is 9.78 Å². The van der Waals surface area contributed by atoms with Crippen LogP contribution in [0, 0.1) is 6.92 Å². The maximum absolute atomic E-state index is 11.6. The quantitative estimate of drug-likeness (QED) is 0.836. The Kier molecular flexibility index (Phi) is 2.90. The van der Waals surface area contributed by atoms with Crippen molar-refractivity contribution in [3.8, 4) is 0 Å². The van der Waals surface area contributed by atoms with E-state index in [1.54, 1.807) is 11.3 Å². The Labute approximate surface area is 93.3 Å². The zero-order valence-corrected chi connectivity index (χ0v) is 9.80. The summed E-state index contributed by atoms with van der Waals surface area (Å²) in [7, 11) is 0. The lowest BCUT2D eigenvalue weighted by molar-refractivity contribution is 0.166. The van der Waals surface area contributed by atoms with Gasteiger partial charge in [0.25, 0.3) is 0 Å². The summed E-state index contributed by atoms with van der Waals surface area (Å²) < 4.78 is 0. The normalized spacial score (nSPS) is 18.8. The van der Waals surface area contributed by atoms with Gasteiger partial charge in [0.05, 0.1) is 6.04 Å². The van der Waals surface area contributed by atoms with Gasteiger partial charge in [-0.15, -0.1) is 11.3 Å². The Morgan fingerprint density at radius 2 is 2.47 bits per heavy atom. The van der Waals surface area contributed by atoms with Crippen LogP contribution in [0.4, 0.5) is 4.79 Å². The van der Waals surface area contributed by atoms with Crippen LogP contribution in [0.15, 0.2) is 5.38 Å². The summed E-state index contributed by atoms with van der Waals surface area (Å²) in [6.07, 6.45) is 1.01. The molecule has 2 rings (SSSR count). The van der Waals surface area contributed by atoms with Crippen molar-refractivity contribution in [2.45, 2.75) is 26.3 Å². The van der Waals surface area contributed by atoms with E-state index in [-0.39, 0.29) is 12.1 Å². The molecule has 1 N–H and O–H groups in total. The molecule has 1 fully saturated rings. The highest BCUT2D eigenvalue weighted by Gasteiger charge is 2.25.